The van der Waals surface area contributed by atoms with Crippen LogP contribution in [-0.2, 0) is 17.9 Å². The van der Waals surface area contributed by atoms with Gasteiger partial charge in [0, 0.05) is 41.6 Å². The highest BCUT2D eigenvalue weighted by Gasteiger charge is 2.27. The number of rotatable bonds is 12. The minimum atomic E-state index is -0.173. The van der Waals surface area contributed by atoms with E-state index in [0.29, 0.717) is 30.9 Å². The standard InChI is InChI=1S/C30H38ClN3O3/c1-6-23(4)34(30(36)24-12-9-14-27(17-24)37-5)21-29(35)33(18-22(2)3)20-26-13-10-16-32(26)19-25-11-7-8-15-28(25)31/h7-17,22-23H,6,18-21H2,1-5H3. The second-order valence-corrected chi connectivity index (χ2v) is 10.2. The zero-order valence-corrected chi connectivity index (χ0v) is 23.2. The number of nitrogens with zero attached hydrogens (tertiary/aromatic N) is 3. The number of hydrogen-bond acceptors (Lipinski definition) is 3. The summed E-state index contributed by atoms with van der Waals surface area (Å²) < 4.78 is 7.42. The Morgan fingerprint density at radius 2 is 1.78 bits per heavy atom. The first-order valence-electron chi connectivity index (χ1n) is 12.8. The van der Waals surface area contributed by atoms with Crippen LogP contribution in [0.3, 0.4) is 0 Å². The Balaban J connectivity index is 1.82. The largest absolute Gasteiger partial charge is 0.497 e. The van der Waals surface area contributed by atoms with Crippen LogP contribution in [0.15, 0.2) is 66.9 Å². The van der Waals surface area contributed by atoms with Crippen LogP contribution in [0.2, 0.25) is 5.02 Å². The molecule has 1 heterocycles. The molecular weight excluding hydrogens is 486 g/mol. The molecule has 2 amide bonds. The maximum absolute atomic E-state index is 13.7. The lowest BCUT2D eigenvalue weighted by Crippen LogP contribution is -2.47. The molecule has 198 valence electrons. The minimum absolute atomic E-state index is 0.0169. The first kappa shape index (κ1) is 28.3. The van der Waals surface area contributed by atoms with Crippen LogP contribution >= 0.6 is 11.6 Å². The molecule has 3 aromatic rings. The molecule has 1 unspecified atom stereocenters. The number of amides is 2. The summed E-state index contributed by atoms with van der Waals surface area (Å²) in [5.74, 6) is 0.646. The summed E-state index contributed by atoms with van der Waals surface area (Å²) in [6.07, 6.45) is 2.75. The predicted molar refractivity (Wildman–Crippen MR) is 149 cm³/mol. The molecule has 0 spiro atoms. The molecule has 3 rings (SSSR count). The Bertz CT molecular complexity index is 1190. The lowest BCUT2D eigenvalue weighted by molar-refractivity contribution is -0.133. The average molecular weight is 524 g/mol. The molecule has 2 aromatic carbocycles. The molecule has 0 fully saturated rings. The van der Waals surface area contributed by atoms with Gasteiger partial charge in [0.2, 0.25) is 5.91 Å². The van der Waals surface area contributed by atoms with E-state index in [1.54, 1.807) is 36.3 Å². The van der Waals surface area contributed by atoms with E-state index < -0.39 is 0 Å². The van der Waals surface area contributed by atoms with Crippen molar-refractivity contribution < 1.29 is 14.3 Å². The number of ether oxygens (including phenoxy) is 1. The summed E-state index contributed by atoms with van der Waals surface area (Å²) in [4.78, 5) is 30.7. The van der Waals surface area contributed by atoms with Crippen molar-refractivity contribution in [3.63, 3.8) is 0 Å². The fourth-order valence-electron chi connectivity index (χ4n) is 4.26. The fraction of sp³-hybridized carbons (Fsp3) is 0.400. The van der Waals surface area contributed by atoms with Crippen molar-refractivity contribution in [1.82, 2.24) is 14.4 Å². The van der Waals surface area contributed by atoms with Crippen LogP contribution in [0.4, 0.5) is 0 Å². The molecule has 6 nitrogen and oxygen atoms in total. The number of carbonyl (C=O) groups excluding carboxylic acids is 2. The number of aromatic nitrogens is 1. The second kappa shape index (κ2) is 13.3. The Morgan fingerprint density at radius 3 is 2.46 bits per heavy atom. The van der Waals surface area contributed by atoms with E-state index in [2.05, 4.69) is 18.4 Å². The highest BCUT2D eigenvalue weighted by Crippen LogP contribution is 2.20. The summed E-state index contributed by atoms with van der Waals surface area (Å²) in [6.45, 7) is 9.88. The number of benzene rings is 2. The van der Waals surface area contributed by atoms with Crippen LogP contribution in [-0.4, -0.2) is 52.4 Å². The van der Waals surface area contributed by atoms with Crippen molar-refractivity contribution in [2.75, 3.05) is 20.2 Å². The Kier molecular flexibility index (Phi) is 10.2. The molecule has 0 saturated carbocycles. The van der Waals surface area contributed by atoms with E-state index in [1.165, 1.54) is 0 Å². The maximum Gasteiger partial charge on any atom is 0.254 e. The molecule has 0 radical (unpaired) electrons. The average Bonchev–Trinajstić information content (AvgIpc) is 3.33. The maximum atomic E-state index is 13.7. The molecule has 0 aliphatic heterocycles. The number of hydrogen-bond donors (Lipinski definition) is 0. The zero-order valence-electron chi connectivity index (χ0n) is 22.5. The topological polar surface area (TPSA) is 54.8 Å². The quantitative estimate of drug-likeness (QED) is 0.287. The number of carbonyl (C=O) groups is 2. The summed E-state index contributed by atoms with van der Waals surface area (Å²) in [7, 11) is 1.57. The lowest BCUT2D eigenvalue weighted by Gasteiger charge is -2.32. The van der Waals surface area contributed by atoms with Gasteiger partial charge in [0.25, 0.3) is 5.91 Å². The number of halogens is 1. The molecule has 0 aliphatic rings. The van der Waals surface area contributed by atoms with Gasteiger partial charge in [-0.25, -0.2) is 0 Å². The molecular formula is C30H38ClN3O3. The van der Waals surface area contributed by atoms with Crippen LogP contribution in [0.25, 0.3) is 0 Å². The highest BCUT2D eigenvalue weighted by molar-refractivity contribution is 6.31. The molecule has 0 aliphatic carbocycles. The van der Waals surface area contributed by atoms with Gasteiger partial charge in [-0.3, -0.25) is 9.59 Å². The molecule has 1 atom stereocenters. The third kappa shape index (κ3) is 7.62. The van der Waals surface area contributed by atoms with Gasteiger partial charge in [-0.2, -0.15) is 0 Å². The van der Waals surface area contributed by atoms with E-state index in [4.69, 9.17) is 16.3 Å². The van der Waals surface area contributed by atoms with Crippen molar-refractivity contribution in [2.24, 2.45) is 5.92 Å². The third-order valence-electron chi connectivity index (χ3n) is 6.52. The van der Waals surface area contributed by atoms with Crippen molar-refractivity contribution in [1.29, 1.82) is 0 Å². The van der Waals surface area contributed by atoms with Crippen molar-refractivity contribution >= 4 is 23.4 Å². The molecule has 7 heteroatoms. The van der Waals surface area contributed by atoms with E-state index in [0.717, 1.165) is 22.7 Å². The van der Waals surface area contributed by atoms with Gasteiger partial charge >= 0.3 is 0 Å². The SMILES string of the molecule is CCC(C)N(CC(=O)N(Cc1cccn1Cc1ccccc1Cl)CC(C)C)C(=O)c1cccc(OC)c1. The van der Waals surface area contributed by atoms with Crippen molar-refractivity contribution in [2.45, 2.75) is 53.2 Å². The molecule has 1 aromatic heterocycles. The van der Waals surface area contributed by atoms with Crippen LogP contribution < -0.4 is 4.74 Å². The highest BCUT2D eigenvalue weighted by atomic mass is 35.5. The summed E-state index contributed by atoms with van der Waals surface area (Å²) >= 11 is 6.40. The fourth-order valence-corrected chi connectivity index (χ4v) is 4.46. The van der Waals surface area contributed by atoms with Gasteiger partial charge in [0.1, 0.15) is 12.3 Å². The van der Waals surface area contributed by atoms with Crippen LogP contribution in [0.5, 0.6) is 5.75 Å². The minimum Gasteiger partial charge on any atom is -0.497 e. The molecule has 0 N–H and O–H groups in total. The first-order chi connectivity index (χ1) is 17.7. The second-order valence-electron chi connectivity index (χ2n) is 9.81. The summed E-state index contributed by atoms with van der Waals surface area (Å²) in [5, 5.41) is 0.720. The summed E-state index contributed by atoms with van der Waals surface area (Å²) in [5.41, 5.74) is 2.55. The first-order valence-corrected chi connectivity index (χ1v) is 13.2. The van der Waals surface area contributed by atoms with Crippen molar-refractivity contribution in [3.8, 4) is 5.75 Å². The van der Waals surface area contributed by atoms with E-state index in [1.807, 2.05) is 61.3 Å². The van der Waals surface area contributed by atoms with Crippen molar-refractivity contribution in [3.05, 3.63) is 88.7 Å². The van der Waals surface area contributed by atoms with Crippen LogP contribution in [0.1, 0.15) is 55.7 Å². The Labute approximate surface area is 225 Å². The molecule has 0 saturated heterocycles. The van der Waals surface area contributed by atoms with Crippen LogP contribution in [0, 0.1) is 5.92 Å². The molecule has 0 bridgehead atoms. The smallest absolute Gasteiger partial charge is 0.254 e. The summed E-state index contributed by atoms with van der Waals surface area (Å²) in [6, 6.07) is 18.8. The predicted octanol–water partition coefficient (Wildman–Crippen LogP) is 6.12. The molecule has 37 heavy (non-hydrogen) atoms. The zero-order chi connectivity index (χ0) is 26.9. The van der Waals surface area contributed by atoms with Gasteiger partial charge in [-0.05, 0) is 61.2 Å². The normalized spacial score (nSPS) is 11.9. The van der Waals surface area contributed by atoms with Gasteiger partial charge in [-0.1, -0.05) is 56.6 Å². The Morgan fingerprint density at radius 1 is 1.03 bits per heavy atom. The van der Waals surface area contributed by atoms with Gasteiger partial charge < -0.3 is 19.1 Å². The van der Waals surface area contributed by atoms with E-state index >= 15 is 0 Å². The monoisotopic (exact) mass is 523 g/mol. The van der Waals surface area contributed by atoms with Gasteiger partial charge in [0.05, 0.1) is 13.7 Å². The van der Waals surface area contributed by atoms with Gasteiger partial charge in [-0.15, -0.1) is 0 Å². The third-order valence-corrected chi connectivity index (χ3v) is 6.89. The Hall–Kier alpha value is -3.25. The van der Waals surface area contributed by atoms with Gasteiger partial charge in [0.15, 0.2) is 0 Å². The lowest BCUT2D eigenvalue weighted by atomic mass is 10.1. The van der Waals surface area contributed by atoms with E-state index in [-0.39, 0.29) is 30.3 Å². The van der Waals surface area contributed by atoms with E-state index in [9.17, 15) is 9.59 Å². The number of methoxy groups -OCH3 is 1.